The number of aliphatic hydroxyl groups excluding tert-OH is 1. The monoisotopic (exact) mass is 275 g/mol. The van der Waals surface area contributed by atoms with Gasteiger partial charge in [-0.1, -0.05) is 6.08 Å². The van der Waals surface area contributed by atoms with E-state index in [2.05, 4.69) is 6.58 Å². The van der Waals surface area contributed by atoms with E-state index in [4.69, 9.17) is 9.52 Å². The molecule has 1 aromatic carbocycles. The first kappa shape index (κ1) is 14.3. The van der Waals surface area contributed by atoms with Crippen molar-refractivity contribution < 1.29 is 14.6 Å². The number of hydrogen-bond donors (Lipinski definition) is 2. The summed E-state index contributed by atoms with van der Waals surface area (Å²) in [6, 6.07) is 6.13. The van der Waals surface area contributed by atoms with E-state index >= 15 is 0 Å². The number of aromatic hydroxyl groups is 1. The Morgan fingerprint density at radius 3 is 2.85 bits per heavy atom. The predicted molar refractivity (Wildman–Crippen MR) is 76.7 cm³/mol. The normalized spacial score (nSPS) is 11.1. The Morgan fingerprint density at radius 1 is 1.35 bits per heavy atom. The van der Waals surface area contributed by atoms with Crippen LogP contribution in [0.15, 0.2) is 46.1 Å². The Bertz CT molecular complexity index is 662. The SMILES string of the molecule is C=CCN(CCO)Cc1cc(=O)oc2cc(O)ccc12. The number of phenolic OH excluding ortho intramolecular Hbond substituents is 1. The van der Waals surface area contributed by atoms with E-state index in [0.717, 1.165) is 10.9 Å². The van der Waals surface area contributed by atoms with Crippen LogP contribution >= 0.6 is 0 Å². The van der Waals surface area contributed by atoms with Gasteiger partial charge in [0.2, 0.25) is 0 Å². The van der Waals surface area contributed by atoms with Crippen LogP contribution in [0.1, 0.15) is 5.56 Å². The lowest BCUT2D eigenvalue weighted by atomic mass is 10.1. The van der Waals surface area contributed by atoms with E-state index in [1.807, 2.05) is 4.90 Å². The smallest absolute Gasteiger partial charge is 0.336 e. The van der Waals surface area contributed by atoms with Crippen LogP contribution in [0, 0.1) is 0 Å². The molecular weight excluding hydrogens is 258 g/mol. The van der Waals surface area contributed by atoms with Gasteiger partial charge in [-0.25, -0.2) is 4.79 Å². The molecular formula is C15H17NO4. The molecule has 0 unspecified atom stereocenters. The predicted octanol–water partition coefficient (Wildman–Crippen LogP) is 1.48. The van der Waals surface area contributed by atoms with Gasteiger partial charge >= 0.3 is 5.63 Å². The second-order valence-electron chi connectivity index (χ2n) is 4.52. The van der Waals surface area contributed by atoms with Gasteiger partial charge in [0.05, 0.1) is 6.61 Å². The molecule has 2 N–H and O–H groups in total. The van der Waals surface area contributed by atoms with E-state index in [1.165, 1.54) is 12.1 Å². The maximum atomic E-state index is 11.6. The van der Waals surface area contributed by atoms with Crippen LogP contribution in [0.25, 0.3) is 11.0 Å². The zero-order chi connectivity index (χ0) is 14.5. The summed E-state index contributed by atoms with van der Waals surface area (Å²) in [5.74, 6) is 0.0519. The van der Waals surface area contributed by atoms with Gasteiger partial charge in [0.15, 0.2) is 0 Å². The first-order valence-corrected chi connectivity index (χ1v) is 6.34. The van der Waals surface area contributed by atoms with E-state index in [9.17, 15) is 9.90 Å². The average molecular weight is 275 g/mol. The second-order valence-corrected chi connectivity index (χ2v) is 4.52. The van der Waals surface area contributed by atoms with E-state index in [0.29, 0.717) is 25.2 Å². The van der Waals surface area contributed by atoms with Gasteiger partial charge in [-0.15, -0.1) is 6.58 Å². The first-order chi connectivity index (χ1) is 9.63. The van der Waals surface area contributed by atoms with E-state index < -0.39 is 5.63 Å². The Labute approximate surface area is 116 Å². The lowest BCUT2D eigenvalue weighted by Crippen LogP contribution is -2.27. The van der Waals surface area contributed by atoms with Crippen molar-refractivity contribution >= 4 is 11.0 Å². The Kier molecular flexibility index (Phi) is 4.55. The summed E-state index contributed by atoms with van der Waals surface area (Å²) in [5, 5.41) is 19.3. The minimum absolute atomic E-state index is 0.0357. The average Bonchev–Trinajstić information content (AvgIpc) is 2.38. The summed E-state index contributed by atoms with van der Waals surface area (Å²) in [5.41, 5.74) is 0.697. The van der Waals surface area contributed by atoms with Crippen molar-refractivity contribution in [1.29, 1.82) is 0 Å². The maximum Gasteiger partial charge on any atom is 0.336 e. The highest BCUT2D eigenvalue weighted by Crippen LogP contribution is 2.22. The zero-order valence-corrected chi connectivity index (χ0v) is 11.1. The summed E-state index contributed by atoms with van der Waals surface area (Å²) >= 11 is 0. The van der Waals surface area contributed by atoms with Crippen molar-refractivity contribution in [3.63, 3.8) is 0 Å². The molecule has 0 saturated heterocycles. The number of fused-ring (bicyclic) bond motifs is 1. The molecule has 0 aliphatic carbocycles. The Balaban J connectivity index is 2.42. The van der Waals surface area contributed by atoms with Crippen LogP contribution in [0.4, 0.5) is 0 Å². The van der Waals surface area contributed by atoms with Gasteiger partial charge in [0.25, 0.3) is 0 Å². The van der Waals surface area contributed by atoms with Gasteiger partial charge in [-0.2, -0.15) is 0 Å². The summed E-state index contributed by atoms with van der Waals surface area (Å²) in [4.78, 5) is 13.5. The molecule has 0 bridgehead atoms. The molecule has 106 valence electrons. The molecule has 0 spiro atoms. The van der Waals surface area contributed by atoms with Gasteiger partial charge in [0, 0.05) is 37.2 Å². The summed E-state index contributed by atoms with van der Waals surface area (Å²) < 4.78 is 5.08. The van der Waals surface area contributed by atoms with Crippen molar-refractivity contribution in [3.05, 3.63) is 52.9 Å². The molecule has 1 heterocycles. The molecule has 5 heteroatoms. The second kappa shape index (κ2) is 6.36. The molecule has 2 aromatic rings. The van der Waals surface area contributed by atoms with Crippen LogP contribution in [-0.2, 0) is 6.54 Å². The van der Waals surface area contributed by atoms with Crippen LogP contribution in [0.2, 0.25) is 0 Å². The molecule has 0 fully saturated rings. The molecule has 1 aromatic heterocycles. The zero-order valence-electron chi connectivity index (χ0n) is 11.1. The van der Waals surface area contributed by atoms with Crippen molar-refractivity contribution in [1.82, 2.24) is 4.90 Å². The Hall–Kier alpha value is -2.11. The number of phenols is 1. The fourth-order valence-electron chi connectivity index (χ4n) is 2.15. The molecule has 0 radical (unpaired) electrons. The standard InChI is InChI=1S/C15H17NO4/c1-2-5-16(6-7-17)10-11-8-15(19)20-14-9-12(18)3-4-13(11)14/h2-4,8-9,17-18H,1,5-7,10H2. The van der Waals surface area contributed by atoms with Crippen LogP contribution in [0.5, 0.6) is 5.75 Å². The fraction of sp³-hybridized carbons (Fsp3) is 0.267. The highest BCUT2D eigenvalue weighted by Gasteiger charge is 2.10. The maximum absolute atomic E-state index is 11.6. The topological polar surface area (TPSA) is 73.9 Å². The van der Waals surface area contributed by atoms with E-state index in [-0.39, 0.29) is 12.4 Å². The first-order valence-electron chi connectivity index (χ1n) is 6.34. The summed E-state index contributed by atoms with van der Waals surface area (Å²) in [7, 11) is 0. The molecule has 20 heavy (non-hydrogen) atoms. The Morgan fingerprint density at radius 2 is 2.15 bits per heavy atom. The lowest BCUT2D eigenvalue weighted by molar-refractivity contribution is 0.203. The molecule has 2 rings (SSSR count). The molecule has 5 nitrogen and oxygen atoms in total. The van der Waals surface area contributed by atoms with Gasteiger partial charge in [-0.3, -0.25) is 4.90 Å². The lowest BCUT2D eigenvalue weighted by Gasteiger charge is -2.20. The number of benzene rings is 1. The number of hydrogen-bond acceptors (Lipinski definition) is 5. The number of aliphatic hydroxyl groups is 1. The minimum Gasteiger partial charge on any atom is -0.508 e. The number of nitrogens with zero attached hydrogens (tertiary/aromatic N) is 1. The molecule has 0 atom stereocenters. The highest BCUT2D eigenvalue weighted by atomic mass is 16.4. The van der Waals surface area contributed by atoms with Crippen molar-refractivity contribution in [2.24, 2.45) is 0 Å². The molecule has 0 saturated carbocycles. The van der Waals surface area contributed by atoms with E-state index in [1.54, 1.807) is 18.2 Å². The minimum atomic E-state index is -0.458. The summed E-state index contributed by atoms with van der Waals surface area (Å²) in [6.07, 6.45) is 1.75. The molecule has 0 aliphatic heterocycles. The fourth-order valence-corrected chi connectivity index (χ4v) is 2.15. The highest BCUT2D eigenvalue weighted by molar-refractivity contribution is 5.81. The molecule has 0 amide bonds. The third kappa shape index (κ3) is 3.26. The van der Waals surface area contributed by atoms with Gasteiger partial charge in [0.1, 0.15) is 11.3 Å². The summed E-state index contributed by atoms with van der Waals surface area (Å²) in [6.45, 7) is 5.32. The van der Waals surface area contributed by atoms with Crippen molar-refractivity contribution in [2.75, 3.05) is 19.7 Å². The van der Waals surface area contributed by atoms with Crippen molar-refractivity contribution in [3.8, 4) is 5.75 Å². The van der Waals surface area contributed by atoms with Crippen LogP contribution in [0.3, 0.4) is 0 Å². The van der Waals surface area contributed by atoms with Gasteiger partial charge in [-0.05, 0) is 17.7 Å². The third-order valence-electron chi connectivity index (χ3n) is 3.01. The third-order valence-corrected chi connectivity index (χ3v) is 3.01. The van der Waals surface area contributed by atoms with Crippen LogP contribution in [-0.4, -0.2) is 34.8 Å². The largest absolute Gasteiger partial charge is 0.508 e. The molecule has 0 aliphatic rings. The quantitative estimate of drug-likeness (QED) is 0.617. The van der Waals surface area contributed by atoms with Crippen LogP contribution < -0.4 is 5.63 Å². The van der Waals surface area contributed by atoms with Gasteiger partial charge < -0.3 is 14.6 Å². The van der Waals surface area contributed by atoms with Crippen molar-refractivity contribution in [2.45, 2.75) is 6.54 Å². The number of rotatable bonds is 6.